The maximum absolute atomic E-state index is 12.5. The van der Waals surface area contributed by atoms with Gasteiger partial charge in [0.2, 0.25) is 0 Å². The number of ketones is 6. The average Bonchev–Trinajstić information content (AvgIpc) is 1.20. The van der Waals surface area contributed by atoms with Crippen LogP contribution in [-0.4, -0.2) is 131 Å². The van der Waals surface area contributed by atoms with E-state index in [2.05, 4.69) is 59.8 Å². The lowest BCUT2D eigenvalue weighted by atomic mass is 9.96. The molecule has 6 aliphatic rings. The van der Waals surface area contributed by atoms with Gasteiger partial charge in [0.15, 0.2) is 34.7 Å². The van der Waals surface area contributed by atoms with Crippen molar-refractivity contribution in [3.05, 3.63) is 293 Å². The molecule has 12 aromatic heterocycles. The van der Waals surface area contributed by atoms with E-state index in [9.17, 15) is 28.8 Å². The van der Waals surface area contributed by atoms with Gasteiger partial charge in [-0.3, -0.25) is 48.7 Å². The van der Waals surface area contributed by atoms with Crippen LogP contribution in [0.25, 0.3) is 0 Å². The van der Waals surface area contributed by atoms with Crippen molar-refractivity contribution in [3.8, 4) is 34.5 Å². The van der Waals surface area contributed by atoms with Gasteiger partial charge in [-0.05, 0) is 252 Å². The number of ether oxygens (including phenoxy) is 6. The summed E-state index contributed by atoms with van der Waals surface area (Å²) in [6, 6.07) is 40.8. The Labute approximate surface area is 776 Å². The van der Waals surface area contributed by atoms with Crippen molar-refractivity contribution in [2.24, 2.45) is 0 Å². The largest absolute Gasteiger partial charge is 0.490 e. The standard InChI is InChI=1S/C19H22N2O2.2C18H20N2O2.C17H20N2O2S.C17H18N2O2.C16H18N2O2S/c1-13-7-8-15(20-12-13)10-19(22)18-11-17(9-14(2)21-18)23-16-5-3-4-6-16;1-12-6-7-14(19-11-12)9-18(21)17-10-16(8-13(2)20-17)22-15-4-3-5-15;1-13-10-16(22-15-7-2-3-8-15)12-17(20-13)18(21)11-14-6-4-5-9-19-14;1-11-7-14(21-13-5-3-4-6-13)8-15(18-11)16(20)9-17-19-12(2)10-22-17;1-12-9-15(21-14-6-4-7-14)11-16(19-12)17(20)10-13-5-2-3-8-18-13;1-10-6-13(20-12-4-3-5-12)7-14(17-10)15(19)8-16-18-11(2)9-21-16/h7-9,11-12,16H,3-6,10H2,1-2H3;6-8,10-11,15H,3-5,9H2,1-2H3;4-6,9-10,12,15H,2-3,7-8,11H2,1H3;7-8,10,13H,3-6,9H2,1-2H3;2-3,5,8-9,11,14H,4,6-7,10H2,1H3;6-7,9,12H,3-5,8H2,1-2H3. The van der Waals surface area contributed by atoms with Crippen LogP contribution in [0.4, 0.5) is 0 Å². The van der Waals surface area contributed by atoms with E-state index < -0.39 is 0 Å². The zero-order valence-corrected chi connectivity index (χ0v) is 78.4. The third-order valence-corrected chi connectivity index (χ3v) is 24.8. The Morgan fingerprint density at radius 3 is 0.679 bits per heavy atom. The summed E-state index contributed by atoms with van der Waals surface area (Å²) in [7, 11) is 0. The second-order valence-electron chi connectivity index (χ2n) is 34.7. The summed E-state index contributed by atoms with van der Waals surface area (Å²) in [6.07, 6.45) is 34.5. The number of nitrogens with zero attached hydrogens (tertiary/aromatic N) is 12. The summed E-state index contributed by atoms with van der Waals surface area (Å²) in [5, 5.41) is 5.59. The Morgan fingerprint density at radius 1 is 0.260 bits per heavy atom. The maximum atomic E-state index is 12.5. The lowest BCUT2D eigenvalue weighted by Crippen LogP contribution is -2.24. The molecule has 6 aliphatic carbocycles. The highest BCUT2D eigenvalue weighted by Gasteiger charge is 2.27. The number of pyridine rings is 10. The molecule has 0 N–H and O–H groups in total. The van der Waals surface area contributed by atoms with E-state index in [1.807, 2.05) is 177 Å². The molecule has 0 radical (unpaired) electrons. The van der Waals surface area contributed by atoms with Crippen LogP contribution in [0.5, 0.6) is 34.5 Å². The van der Waals surface area contributed by atoms with Gasteiger partial charge in [-0.2, -0.15) is 0 Å². The number of rotatable bonds is 30. The van der Waals surface area contributed by atoms with Crippen LogP contribution in [0.15, 0.2) is 169 Å². The van der Waals surface area contributed by atoms with Crippen molar-refractivity contribution < 1.29 is 57.2 Å². The van der Waals surface area contributed by atoms with Crippen LogP contribution in [0, 0.1) is 69.2 Å². The van der Waals surface area contributed by atoms with Crippen molar-refractivity contribution in [3.63, 3.8) is 0 Å². The average molecular weight is 1800 g/mol. The number of thiazole rings is 2. The molecule has 12 aromatic rings. The van der Waals surface area contributed by atoms with Crippen molar-refractivity contribution >= 4 is 57.4 Å². The summed E-state index contributed by atoms with van der Waals surface area (Å²) >= 11 is 3.03. The molecule has 6 saturated carbocycles. The molecule has 0 saturated heterocycles. The fraction of sp³-hybridized carbons (Fsp3) is 0.410. The molecule has 12 heterocycles. The quantitative estimate of drug-likeness (QED) is 0.0378. The number of carbonyl (C=O) groups is 6. The number of hydrogen-bond acceptors (Lipinski definition) is 26. The molecule has 26 heteroatoms. The summed E-state index contributed by atoms with van der Waals surface area (Å²) < 4.78 is 35.6. The molecule has 18 rings (SSSR count). The summed E-state index contributed by atoms with van der Waals surface area (Å²) in [4.78, 5) is 126. The third-order valence-electron chi connectivity index (χ3n) is 22.9. The van der Waals surface area contributed by atoms with Crippen LogP contribution >= 0.6 is 22.7 Å². The molecule has 0 aliphatic heterocycles. The first-order chi connectivity index (χ1) is 63.3. The highest BCUT2D eigenvalue weighted by Crippen LogP contribution is 2.33. The van der Waals surface area contributed by atoms with E-state index in [4.69, 9.17) is 28.4 Å². The number of carbonyl (C=O) groups excluding carboxylic acids is 6. The van der Waals surface area contributed by atoms with Gasteiger partial charge in [0.25, 0.3) is 0 Å². The SMILES string of the molecule is Cc1cc(OC2CCC2)cc(C(=O)Cc2ccccn2)n1.Cc1cc(OC2CCC2)cc(C(=O)Cc2nc(C)cs2)n1.Cc1cc(OC2CCCC2)cc(C(=O)Cc2ccccn2)n1.Cc1cc(OC2CCCC2)cc(C(=O)Cc2nc(C)cs2)n1.Cc1ccc(CC(=O)c2cc(OC3CCC3)cc(C)n2)nc1.Cc1ccc(CC(=O)c2cc(OC3CCCC3)cc(C)n2)nc1. The Hall–Kier alpha value is -12.4. The van der Waals surface area contributed by atoms with Gasteiger partial charge >= 0.3 is 0 Å². The van der Waals surface area contributed by atoms with Crippen molar-refractivity contribution in [2.75, 3.05) is 0 Å². The summed E-state index contributed by atoms with van der Waals surface area (Å²) in [5.41, 5.74) is 14.7. The van der Waals surface area contributed by atoms with Gasteiger partial charge in [0, 0.05) is 177 Å². The second-order valence-corrected chi connectivity index (χ2v) is 36.6. The van der Waals surface area contributed by atoms with Gasteiger partial charge in [0.1, 0.15) is 78.7 Å². The molecule has 0 amide bonds. The molecular formula is C105H118N12O12S2. The third kappa shape index (κ3) is 31.1. The van der Waals surface area contributed by atoms with Crippen molar-refractivity contribution in [1.29, 1.82) is 0 Å². The van der Waals surface area contributed by atoms with E-state index in [0.29, 0.717) is 65.3 Å². The minimum absolute atomic E-state index is 0.00526. The smallest absolute Gasteiger partial charge is 0.188 e. The molecule has 6 fully saturated rings. The number of aromatic nitrogens is 12. The van der Waals surface area contributed by atoms with Gasteiger partial charge in [0.05, 0.1) is 75.1 Å². The number of aryl methyl sites for hydroxylation is 10. The minimum Gasteiger partial charge on any atom is -0.490 e. The van der Waals surface area contributed by atoms with Gasteiger partial charge in [-0.1, -0.05) is 24.3 Å². The van der Waals surface area contributed by atoms with E-state index in [0.717, 1.165) is 201 Å². The van der Waals surface area contributed by atoms with Crippen LogP contribution in [-0.2, 0) is 38.5 Å². The fourth-order valence-corrected chi connectivity index (χ4v) is 16.9. The number of Topliss-reactive ketones (excluding diaryl/α,β-unsaturated/α-hetero) is 6. The first-order valence-corrected chi connectivity index (χ1v) is 47.6. The van der Waals surface area contributed by atoms with Gasteiger partial charge in [-0.15, -0.1) is 22.7 Å². The van der Waals surface area contributed by atoms with Crippen molar-refractivity contribution in [1.82, 2.24) is 59.8 Å². The molecule has 0 atom stereocenters. The zero-order valence-electron chi connectivity index (χ0n) is 76.8. The van der Waals surface area contributed by atoms with E-state index in [1.165, 1.54) is 80.5 Å². The Balaban J connectivity index is 0.000000134. The molecule has 131 heavy (non-hydrogen) atoms. The Bertz CT molecular complexity index is 5830. The van der Waals surface area contributed by atoms with Gasteiger partial charge in [-0.25, -0.2) is 39.9 Å². The van der Waals surface area contributed by atoms with Crippen molar-refractivity contribution in [2.45, 2.75) is 279 Å². The summed E-state index contributed by atoms with van der Waals surface area (Å²) in [5.74, 6) is 4.39. The normalized spacial score (nSPS) is 14.8. The highest BCUT2D eigenvalue weighted by atomic mass is 32.1. The Kier molecular flexibility index (Phi) is 35.2. The lowest BCUT2D eigenvalue weighted by molar-refractivity contribution is 0.0975. The van der Waals surface area contributed by atoms with Crippen LogP contribution in [0.3, 0.4) is 0 Å². The zero-order chi connectivity index (χ0) is 92.1. The molecular weight excluding hydrogens is 1690 g/mol. The molecule has 0 bridgehead atoms. The van der Waals surface area contributed by atoms with Gasteiger partial charge < -0.3 is 28.4 Å². The van der Waals surface area contributed by atoms with Crippen LogP contribution in [0.2, 0.25) is 0 Å². The lowest BCUT2D eigenvalue weighted by Gasteiger charge is -2.26. The van der Waals surface area contributed by atoms with Crippen LogP contribution in [0.1, 0.15) is 287 Å². The Morgan fingerprint density at radius 2 is 0.489 bits per heavy atom. The first kappa shape index (κ1) is 96.1. The van der Waals surface area contributed by atoms with E-state index in [1.54, 1.807) is 61.2 Å². The monoisotopic (exact) mass is 1800 g/mol. The molecule has 682 valence electrons. The van der Waals surface area contributed by atoms with E-state index in [-0.39, 0.29) is 78.7 Å². The van der Waals surface area contributed by atoms with E-state index >= 15 is 0 Å². The predicted molar refractivity (Wildman–Crippen MR) is 506 cm³/mol. The molecule has 0 unspecified atom stereocenters. The highest BCUT2D eigenvalue weighted by molar-refractivity contribution is 7.10. The molecule has 0 aromatic carbocycles. The first-order valence-electron chi connectivity index (χ1n) is 45.9. The fourth-order valence-electron chi connectivity index (χ4n) is 15.4. The minimum atomic E-state index is -0.0316. The topological polar surface area (TPSA) is 312 Å². The van der Waals surface area contributed by atoms with Crippen LogP contribution < -0.4 is 28.4 Å². The number of hydrogen-bond donors (Lipinski definition) is 0. The predicted octanol–water partition coefficient (Wildman–Crippen LogP) is 21.4. The second kappa shape index (κ2) is 47.9. The molecule has 0 spiro atoms. The maximum Gasteiger partial charge on any atom is 0.188 e. The summed E-state index contributed by atoms with van der Waals surface area (Å²) in [6.45, 7) is 19.1. The molecule has 24 nitrogen and oxygen atoms in total.